The van der Waals surface area contributed by atoms with E-state index in [-0.39, 0.29) is 12.5 Å². The molecule has 15 heavy (non-hydrogen) atoms. The van der Waals surface area contributed by atoms with Crippen LogP contribution in [-0.4, -0.2) is 43.1 Å². The molecule has 0 bridgehead atoms. The van der Waals surface area contributed by atoms with Crippen molar-refractivity contribution in [3.8, 4) is 0 Å². The van der Waals surface area contributed by atoms with E-state index in [2.05, 4.69) is 4.74 Å². The van der Waals surface area contributed by atoms with Crippen LogP contribution in [0.2, 0.25) is 0 Å². The first kappa shape index (κ1) is 10.4. The van der Waals surface area contributed by atoms with Gasteiger partial charge in [-0.15, -0.1) is 0 Å². The molecule has 0 unspecified atom stereocenters. The van der Waals surface area contributed by atoms with E-state index in [0.29, 0.717) is 25.8 Å². The van der Waals surface area contributed by atoms with Gasteiger partial charge in [-0.2, -0.15) is 0 Å². The van der Waals surface area contributed by atoms with E-state index in [1.165, 1.54) is 12.0 Å². The molecule has 0 aromatic rings. The molecule has 84 valence electrons. The Kier molecular flexibility index (Phi) is 2.40. The highest BCUT2D eigenvalue weighted by molar-refractivity contribution is 6.05. The zero-order valence-electron chi connectivity index (χ0n) is 8.66. The zero-order valence-corrected chi connectivity index (χ0v) is 8.66. The molecule has 0 radical (unpaired) electrons. The molecule has 0 aromatic carbocycles. The molecular weight excluding hydrogens is 201 g/mol. The van der Waals surface area contributed by atoms with Gasteiger partial charge in [-0.25, -0.2) is 4.39 Å². The van der Waals surface area contributed by atoms with E-state index in [4.69, 9.17) is 0 Å². The van der Waals surface area contributed by atoms with Crippen molar-refractivity contribution in [1.29, 1.82) is 0 Å². The molecule has 1 saturated carbocycles. The maximum absolute atomic E-state index is 12.9. The summed E-state index contributed by atoms with van der Waals surface area (Å²) in [6, 6.07) is 0. The average Bonchev–Trinajstić information content (AvgIpc) is 2.94. The molecule has 1 atom stereocenters. The largest absolute Gasteiger partial charge is 0.468 e. The van der Waals surface area contributed by atoms with Gasteiger partial charge in [0.2, 0.25) is 5.91 Å². The zero-order chi connectivity index (χ0) is 11.1. The SMILES string of the molecule is COC(=O)C1(C(=O)N2CC[C@@H](F)C2)CC1. The van der Waals surface area contributed by atoms with Crippen molar-refractivity contribution in [3.63, 3.8) is 0 Å². The minimum atomic E-state index is -0.973. The number of likely N-dealkylation sites (tertiary alicyclic amines) is 1. The number of hydrogen-bond donors (Lipinski definition) is 0. The lowest BCUT2D eigenvalue weighted by molar-refractivity contribution is -0.155. The van der Waals surface area contributed by atoms with Gasteiger partial charge in [-0.1, -0.05) is 0 Å². The maximum atomic E-state index is 12.9. The molecule has 1 saturated heterocycles. The van der Waals surface area contributed by atoms with Gasteiger partial charge in [0.05, 0.1) is 13.7 Å². The summed E-state index contributed by atoms with van der Waals surface area (Å²) < 4.78 is 17.5. The van der Waals surface area contributed by atoms with Gasteiger partial charge in [-0.05, 0) is 19.3 Å². The molecule has 2 fully saturated rings. The molecule has 2 aliphatic rings. The summed E-state index contributed by atoms with van der Waals surface area (Å²) in [7, 11) is 1.28. The standard InChI is InChI=1S/C10H14FNO3/c1-15-9(14)10(3-4-10)8(13)12-5-2-7(11)6-12/h7H,2-6H2,1H3/t7-/m1/s1. The fourth-order valence-corrected chi connectivity index (χ4v) is 2.03. The Balaban J connectivity index is 2.05. The van der Waals surface area contributed by atoms with Gasteiger partial charge in [0, 0.05) is 6.54 Å². The molecule has 2 rings (SSSR count). The molecule has 1 aliphatic carbocycles. The Morgan fingerprint density at radius 1 is 1.47 bits per heavy atom. The van der Waals surface area contributed by atoms with Gasteiger partial charge in [0.1, 0.15) is 11.6 Å². The predicted octanol–water partition coefficient (Wildman–Crippen LogP) is 0.510. The van der Waals surface area contributed by atoms with Crippen LogP contribution < -0.4 is 0 Å². The van der Waals surface area contributed by atoms with Crippen LogP contribution in [0.15, 0.2) is 0 Å². The van der Waals surface area contributed by atoms with E-state index in [9.17, 15) is 14.0 Å². The third-order valence-electron chi connectivity index (χ3n) is 3.15. The number of esters is 1. The highest BCUT2D eigenvalue weighted by Gasteiger charge is 2.59. The highest BCUT2D eigenvalue weighted by atomic mass is 19.1. The number of halogens is 1. The lowest BCUT2D eigenvalue weighted by atomic mass is 10.1. The van der Waals surface area contributed by atoms with E-state index < -0.39 is 17.6 Å². The van der Waals surface area contributed by atoms with E-state index in [1.807, 2.05) is 0 Å². The van der Waals surface area contributed by atoms with Crippen molar-refractivity contribution in [2.24, 2.45) is 5.41 Å². The second kappa shape index (κ2) is 3.47. The maximum Gasteiger partial charge on any atom is 0.321 e. The monoisotopic (exact) mass is 215 g/mol. The fourth-order valence-electron chi connectivity index (χ4n) is 2.03. The summed E-state index contributed by atoms with van der Waals surface area (Å²) in [6.07, 6.45) is 0.503. The number of carbonyl (C=O) groups is 2. The molecule has 1 aliphatic heterocycles. The molecule has 0 spiro atoms. The van der Waals surface area contributed by atoms with Crippen LogP contribution in [0, 0.1) is 5.41 Å². The minimum Gasteiger partial charge on any atom is -0.468 e. The average molecular weight is 215 g/mol. The van der Waals surface area contributed by atoms with Crippen LogP contribution in [0.5, 0.6) is 0 Å². The lowest BCUT2D eigenvalue weighted by Crippen LogP contribution is -2.40. The van der Waals surface area contributed by atoms with Gasteiger partial charge in [-0.3, -0.25) is 9.59 Å². The third-order valence-corrected chi connectivity index (χ3v) is 3.15. The van der Waals surface area contributed by atoms with Crippen LogP contribution in [0.3, 0.4) is 0 Å². The van der Waals surface area contributed by atoms with Gasteiger partial charge >= 0.3 is 5.97 Å². The molecule has 0 aromatic heterocycles. The smallest absolute Gasteiger partial charge is 0.321 e. The Hall–Kier alpha value is -1.13. The van der Waals surface area contributed by atoms with E-state index in [0.717, 1.165) is 0 Å². The van der Waals surface area contributed by atoms with E-state index >= 15 is 0 Å². The van der Waals surface area contributed by atoms with Gasteiger partial charge in [0.25, 0.3) is 0 Å². The molecular formula is C10H14FNO3. The normalized spacial score (nSPS) is 27.6. The first-order valence-corrected chi connectivity index (χ1v) is 5.12. The summed E-state index contributed by atoms with van der Waals surface area (Å²) in [5, 5.41) is 0. The number of alkyl halides is 1. The van der Waals surface area contributed by atoms with Crippen LogP contribution in [0.4, 0.5) is 4.39 Å². The Labute approximate surface area is 87.4 Å². The molecule has 4 nitrogen and oxygen atoms in total. The molecule has 0 N–H and O–H groups in total. The van der Waals surface area contributed by atoms with Crippen LogP contribution in [-0.2, 0) is 14.3 Å². The Morgan fingerprint density at radius 3 is 2.53 bits per heavy atom. The third kappa shape index (κ3) is 1.60. The first-order chi connectivity index (χ1) is 7.10. The van der Waals surface area contributed by atoms with Crippen molar-refractivity contribution in [2.45, 2.75) is 25.4 Å². The number of carbonyl (C=O) groups excluding carboxylic acids is 2. The number of rotatable bonds is 2. The van der Waals surface area contributed by atoms with Crippen molar-refractivity contribution in [2.75, 3.05) is 20.2 Å². The Bertz CT molecular complexity index is 301. The van der Waals surface area contributed by atoms with Crippen molar-refractivity contribution < 1.29 is 18.7 Å². The number of hydrogen-bond acceptors (Lipinski definition) is 3. The lowest BCUT2D eigenvalue weighted by Gasteiger charge is -2.20. The minimum absolute atomic E-state index is 0.123. The van der Waals surface area contributed by atoms with Gasteiger partial charge in [0.15, 0.2) is 0 Å². The topological polar surface area (TPSA) is 46.6 Å². The van der Waals surface area contributed by atoms with Crippen LogP contribution in [0.25, 0.3) is 0 Å². The summed E-state index contributed by atoms with van der Waals surface area (Å²) >= 11 is 0. The highest BCUT2D eigenvalue weighted by Crippen LogP contribution is 2.48. The quantitative estimate of drug-likeness (QED) is 0.498. The van der Waals surface area contributed by atoms with Crippen molar-refractivity contribution >= 4 is 11.9 Å². The van der Waals surface area contributed by atoms with E-state index in [1.54, 1.807) is 0 Å². The fraction of sp³-hybridized carbons (Fsp3) is 0.800. The number of methoxy groups -OCH3 is 1. The number of amides is 1. The Morgan fingerprint density at radius 2 is 2.13 bits per heavy atom. The molecule has 1 amide bonds. The van der Waals surface area contributed by atoms with Crippen LogP contribution in [0.1, 0.15) is 19.3 Å². The summed E-state index contributed by atoms with van der Waals surface area (Å²) in [5.41, 5.74) is -0.973. The summed E-state index contributed by atoms with van der Waals surface area (Å²) in [4.78, 5) is 24.8. The summed E-state index contributed by atoms with van der Waals surface area (Å²) in [5.74, 6) is -0.732. The first-order valence-electron chi connectivity index (χ1n) is 5.12. The summed E-state index contributed by atoms with van der Waals surface area (Å²) in [6.45, 7) is 0.538. The second-order valence-electron chi connectivity index (χ2n) is 4.21. The number of ether oxygens (including phenoxy) is 1. The van der Waals surface area contributed by atoms with Crippen molar-refractivity contribution in [3.05, 3.63) is 0 Å². The second-order valence-corrected chi connectivity index (χ2v) is 4.21. The molecule has 1 heterocycles. The number of nitrogens with zero attached hydrogens (tertiary/aromatic N) is 1. The van der Waals surface area contributed by atoms with Crippen LogP contribution >= 0.6 is 0 Å². The van der Waals surface area contributed by atoms with Crippen molar-refractivity contribution in [1.82, 2.24) is 4.90 Å². The van der Waals surface area contributed by atoms with Gasteiger partial charge < -0.3 is 9.64 Å². The predicted molar refractivity (Wildman–Crippen MR) is 49.8 cm³/mol. The molecule has 5 heteroatoms.